The largest absolute Gasteiger partial charge is 0.494 e. The number of methoxy groups -OCH3 is 1. The molecule has 28 heavy (non-hydrogen) atoms. The van der Waals surface area contributed by atoms with Gasteiger partial charge in [-0.2, -0.15) is 0 Å². The number of carbonyl (C=O) groups is 2. The first-order valence-corrected chi connectivity index (χ1v) is 9.90. The standard InChI is InChI=1S/C14H19FN2O2.C6H12N2O/c1-19-13-6-5-10(8-11(13)15)9-17-12-4-2-3-7-16-14(12)18;7-8-5-3-1-2-4-6(8)9/h5-6,8,12,17H,2-4,7,9H2,1H3,(H,16,18);1-5,7H2. The average molecular weight is 394 g/mol. The van der Waals surface area contributed by atoms with E-state index in [4.69, 9.17) is 10.6 Å². The predicted octanol–water partition coefficient (Wildman–Crippen LogP) is 1.86. The molecular weight excluding hydrogens is 363 g/mol. The molecule has 1 unspecified atom stereocenters. The molecule has 0 radical (unpaired) electrons. The second-order valence-corrected chi connectivity index (χ2v) is 7.09. The lowest BCUT2D eigenvalue weighted by Gasteiger charge is -2.15. The van der Waals surface area contributed by atoms with Crippen LogP contribution in [0.3, 0.4) is 0 Å². The van der Waals surface area contributed by atoms with Crippen LogP contribution in [0.15, 0.2) is 18.2 Å². The molecule has 2 saturated heterocycles. The number of nitrogens with one attached hydrogen (secondary N) is 2. The van der Waals surface area contributed by atoms with Crippen molar-refractivity contribution in [3.05, 3.63) is 29.6 Å². The zero-order valence-corrected chi connectivity index (χ0v) is 16.5. The lowest BCUT2D eigenvalue weighted by atomic mass is 10.1. The van der Waals surface area contributed by atoms with E-state index in [1.807, 2.05) is 0 Å². The molecule has 1 aromatic carbocycles. The zero-order chi connectivity index (χ0) is 20.4. The van der Waals surface area contributed by atoms with Crippen LogP contribution in [0, 0.1) is 5.82 Å². The molecule has 7 nitrogen and oxygen atoms in total. The lowest BCUT2D eigenvalue weighted by Crippen LogP contribution is -2.42. The number of halogens is 1. The molecule has 0 aromatic heterocycles. The van der Waals surface area contributed by atoms with Gasteiger partial charge in [0, 0.05) is 26.1 Å². The summed E-state index contributed by atoms with van der Waals surface area (Å²) in [6, 6.07) is 4.64. The minimum absolute atomic E-state index is 0.0338. The van der Waals surface area contributed by atoms with E-state index < -0.39 is 0 Å². The van der Waals surface area contributed by atoms with Crippen LogP contribution in [-0.2, 0) is 16.1 Å². The second-order valence-electron chi connectivity index (χ2n) is 7.09. The van der Waals surface area contributed by atoms with Gasteiger partial charge in [0.05, 0.1) is 13.2 Å². The van der Waals surface area contributed by atoms with Gasteiger partial charge in [-0.15, -0.1) is 0 Å². The molecule has 2 amide bonds. The fraction of sp³-hybridized carbons (Fsp3) is 0.600. The highest BCUT2D eigenvalue weighted by molar-refractivity contribution is 5.81. The van der Waals surface area contributed by atoms with Crippen molar-refractivity contribution >= 4 is 11.8 Å². The summed E-state index contributed by atoms with van der Waals surface area (Å²) in [6.45, 7) is 1.95. The van der Waals surface area contributed by atoms with Gasteiger partial charge in [-0.3, -0.25) is 14.6 Å². The van der Waals surface area contributed by atoms with Crippen molar-refractivity contribution in [3.63, 3.8) is 0 Å². The van der Waals surface area contributed by atoms with Gasteiger partial charge >= 0.3 is 0 Å². The van der Waals surface area contributed by atoms with Gasteiger partial charge in [0.1, 0.15) is 0 Å². The van der Waals surface area contributed by atoms with E-state index in [-0.39, 0.29) is 29.4 Å². The Hall–Kier alpha value is -2.19. The summed E-state index contributed by atoms with van der Waals surface area (Å²) >= 11 is 0. The van der Waals surface area contributed by atoms with E-state index in [1.165, 1.54) is 18.2 Å². The van der Waals surface area contributed by atoms with Crippen LogP contribution >= 0.6 is 0 Å². The zero-order valence-electron chi connectivity index (χ0n) is 16.5. The first-order chi connectivity index (χ1) is 13.5. The fourth-order valence-electron chi connectivity index (χ4n) is 3.20. The third kappa shape index (κ3) is 7.09. The van der Waals surface area contributed by atoms with Crippen LogP contribution < -0.4 is 21.2 Å². The van der Waals surface area contributed by atoms with Gasteiger partial charge in [0.25, 0.3) is 0 Å². The predicted molar refractivity (Wildman–Crippen MR) is 105 cm³/mol. The number of ether oxygens (including phenoxy) is 1. The second kappa shape index (κ2) is 11.6. The number of nitrogens with zero attached hydrogens (tertiary/aromatic N) is 1. The first-order valence-electron chi connectivity index (χ1n) is 9.90. The molecular formula is C20H31FN4O3. The Bertz CT molecular complexity index is 656. The van der Waals surface area contributed by atoms with Gasteiger partial charge in [-0.05, 0) is 49.8 Å². The minimum Gasteiger partial charge on any atom is -0.494 e. The van der Waals surface area contributed by atoms with E-state index in [9.17, 15) is 14.0 Å². The summed E-state index contributed by atoms with van der Waals surface area (Å²) in [5.41, 5.74) is 0.801. The van der Waals surface area contributed by atoms with Crippen molar-refractivity contribution in [1.29, 1.82) is 0 Å². The Labute approximate surface area is 165 Å². The topological polar surface area (TPSA) is 96.7 Å². The van der Waals surface area contributed by atoms with E-state index in [0.29, 0.717) is 13.0 Å². The Morgan fingerprint density at radius 3 is 2.82 bits per heavy atom. The number of hydrogen-bond acceptors (Lipinski definition) is 5. The third-order valence-electron chi connectivity index (χ3n) is 4.91. The van der Waals surface area contributed by atoms with Gasteiger partial charge in [0.2, 0.25) is 11.8 Å². The third-order valence-corrected chi connectivity index (χ3v) is 4.91. The molecule has 0 aliphatic carbocycles. The smallest absolute Gasteiger partial charge is 0.237 e. The van der Waals surface area contributed by atoms with Crippen molar-refractivity contribution in [2.75, 3.05) is 20.2 Å². The molecule has 2 aliphatic heterocycles. The monoisotopic (exact) mass is 394 g/mol. The SMILES string of the molecule is COc1ccc(CNC2CCCCNC2=O)cc1F.NN1CCCCCC1=O. The summed E-state index contributed by atoms with van der Waals surface area (Å²) in [4.78, 5) is 22.6. The van der Waals surface area contributed by atoms with Gasteiger partial charge in [-0.25, -0.2) is 10.2 Å². The molecule has 0 bridgehead atoms. The number of hydrogen-bond donors (Lipinski definition) is 3. The molecule has 4 N–H and O–H groups in total. The van der Waals surface area contributed by atoms with Gasteiger partial charge < -0.3 is 15.4 Å². The molecule has 0 saturated carbocycles. The van der Waals surface area contributed by atoms with Crippen LogP contribution in [0.2, 0.25) is 0 Å². The maximum absolute atomic E-state index is 13.5. The summed E-state index contributed by atoms with van der Waals surface area (Å²) in [5.74, 6) is 5.34. The van der Waals surface area contributed by atoms with Crippen molar-refractivity contribution in [3.8, 4) is 5.75 Å². The number of carbonyl (C=O) groups excluding carboxylic acids is 2. The Balaban J connectivity index is 0.000000261. The van der Waals surface area contributed by atoms with E-state index in [0.717, 1.165) is 57.2 Å². The Morgan fingerprint density at radius 2 is 2.07 bits per heavy atom. The summed E-state index contributed by atoms with van der Waals surface area (Å²) < 4.78 is 18.4. The number of rotatable bonds is 4. The lowest BCUT2D eigenvalue weighted by molar-refractivity contribution is -0.131. The molecule has 2 fully saturated rings. The van der Waals surface area contributed by atoms with E-state index >= 15 is 0 Å². The van der Waals surface area contributed by atoms with Crippen LogP contribution in [0.5, 0.6) is 5.75 Å². The minimum atomic E-state index is -0.382. The van der Waals surface area contributed by atoms with Gasteiger partial charge in [-0.1, -0.05) is 12.5 Å². The highest BCUT2D eigenvalue weighted by atomic mass is 19.1. The molecule has 8 heteroatoms. The normalized spacial score (nSPS) is 20.4. The summed E-state index contributed by atoms with van der Waals surface area (Å²) in [6.07, 6.45) is 6.70. The van der Waals surface area contributed by atoms with Crippen molar-refractivity contribution < 1.29 is 18.7 Å². The molecule has 156 valence electrons. The maximum Gasteiger partial charge on any atom is 0.237 e. The molecule has 1 atom stereocenters. The summed E-state index contributed by atoms with van der Waals surface area (Å²) in [5, 5.41) is 7.36. The van der Waals surface area contributed by atoms with Gasteiger partial charge in [0.15, 0.2) is 11.6 Å². The molecule has 3 rings (SSSR count). The fourth-order valence-corrected chi connectivity index (χ4v) is 3.20. The van der Waals surface area contributed by atoms with Crippen molar-refractivity contribution in [2.45, 2.75) is 57.5 Å². The number of nitrogens with two attached hydrogens (primary N) is 1. The molecule has 2 heterocycles. The molecule has 2 aliphatic rings. The first kappa shape index (κ1) is 22.1. The average Bonchev–Trinajstić information content (AvgIpc) is 3.01. The van der Waals surface area contributed by atoms with Crippen LogP contribution in [0.4, 0.5) is 4.39 Å². The quantitative estimate of drug-likeness (QED) is 0.535. The maximum atomic E-state index is 13.5. The van der Waals surface area contributed by atoms with Crippen molar-refractivity contribution in [2.24, 2.45) is 5.84 Å². The molecule has 1 aromatic rings. The highest BCUT2D eigenvalue weighted by Crippen LogP contribution is 2.18. The summed E-state index contributed by atoms with van der Waals surface area (Å²) in [7, 11) is 1.44. The number of amides is 2. The van der Waals surface area contributed by atoms with E-state index in [1.54, 1.807) is 12.1 Å². The number of hydrazine groups is 1. The Kier molecular flexibility index (Phi) is 9.16. The van der Waals surface area contributed by atoms with Crippen LogP contribution in [0.1, 0.15) is 50.5 Å². The highest BCUT2D eigenvalue weighted by Gasteiger charge is 2.19. The number of benzene rings is 1. The van der Waals surface area contributed by atoms with Crippen LogP contribution in [0.25, 0.3) is 0 Å². The molecule has 0 spiro atoms. The van der Waals surface area contributed by atoms with Crippen molar-refractivity contribution in [1.82, 2.24) is 15.6 Å². The van der Waals surface area contributed by atoms with E-state index in [2.05, 4.69) is 10.6 Å². The van der Waals surface area contributed by atoms with Crippen LogP contribution in [-0.4, -0.2) is 43.1 Å². The Morgan fingerprint density at radius 1 is 1.25 bits per heavy atom.